The highest BCUT2D eigenvalue weighted by Gasteiger charge is 2.05. The summed E-state index contributed by atoms with van der Waals surface area (Å²) in [6.45, 7) is 5.97. The lowest BCUT2D eigenvalue weighted by atomic mass is 10.2. The van der Waals surface area contributed by atoms with E-state index in [0.717, 1.165) is 11.3 Å². The number of anilines is 2. The first-order valence-corrected chi connectivity index (χ1v) is 6.24. The smallest absolute Gasteiger partial charge is 0.254 e. The van der Waals surface area contributed by atoms with Crippen LogP contribution in [0, 0.1) is 6.92 Å². The van der Waals surface area contributed by atoms with Gasteiger partial charge in [-0.3, -0.25) is 4.79 Å². The molecule has 1 aromatic heterocycles. The molecule has 20 heavy (non-hydrogen) atoms. The van der Waals surface area contributed by atoms with Gasteiger partial charge in [-0.1, -0.05) is 18.2 Å². The summed E-state index contributed by atoms with van der Waals surface area (Å²) >= 11 is 0. The average molecular weight is 268 g/mol. The van der Waals surface area contributed by atoms with Crippen LogP contribution in [-0.4, -0.2) is 22.4 Å². The molecule has 1 aromatic carbocycles. The predicted octanol–water partition coefficient (Wildman–Crippen LogP) is 2.44. The van der Waals surface area contributed by atoms with Gasteiger partial charge in [-0.25, -0.2) is 9.97 Å². The van der Waals surface area contributed by atoms with Crippen LogP contribution in [0.25, 0.3) is 0 Å². The molecule has 0 aliphatic carbocycles. The van der Waals surface area contributed by atoms with Crippen molar-refractivity contribution >= 4 is 17.5 Å². The van der Waals surface area contributed by atoms with Crippen molar-refractivity contribution in [3.8, 4) is 0 Å². The number of carbonyl (C=O) groups is 1. The molecule has 0 saturated heterocycles. The second-order valence-corrected chi connectivity index (χ2v) is 4.29. The summed E-state index contributed by atoms with van der Waals surface area (Å²) in [4.78, 5) is 19.9. The number of hydrogen-bond acceptors (Lipinski definition) is 4. The lowest BCUT2D eigenvalue weighted by Gasteiger charge is -2.06. The summed E-state index contributed by atoms with van der Waals surface area (Å²) in [5.41, 5.74) is 2.48. The Hall–Kier alpha value is -2.69. The van der Waals surface area contributed by atoms with Crippen LogP contribution in [0.1, 0.15) is 15.9 Å². The Bertz CT molecular complexity index is 608. The van der Waals surface area contributed by atoms with E-state index in [0.29, 0.717) is 18.1 Å². The lowest BCUT2D eigenvalue weighted by Crippen LogP contribution is -2.23. The van der Waals surface area contributed by atoms with E-state index in [9.17, 15) is 4.79 Å². The first kappa shape index (κ1) is 13.7. The van der Waals surface area contributed by atoms with E-state index in [1.165, 1.54) is 12.4 Å². The summed E-state index contributed by atoms with van der Waals surface area (Å²) < 4.78 is 0. The van der Waals surface area contributed by atoms with Crippen molar-refractivity contribution in [2.24, 2.45) is 0 Å². The first-order valence-electron chi connectivity index (χ1n) is 6.24. The molecule has 1 amide bonds. The van der Waals surface area contributed by atoms with E-state index in [4.69, 9.17) is 0 Å². The molecule has 0 spiro atoms. The monoisotopic (exact) mass is 268 g/mol. The van der Waals surface area contributed by atoms with Crippen LogP contribution in [0.3, 0.4) is 0 Å². The van der Waals surface area contributed by atoms with Crippen LogP contribution >= 0.6 is 0 Å². The number of rotatable bonds is 5. The van der Waals surface area contributed by atoms with Gasteiger partial charge in [0.05, 0.1) is 5.56 Å². The summed E-state index contributed by atoms with van der Waals surface area (Å²) in [7, 11) is 0. The summed E-state index contributed by atoms with van der Waals surface area (Å²) in [5.74, 6) is 0.239. The van der Waals surface area contributed by atoms with Crippen molar-refractivity contribution in [3.63, 3.8) is 0 Å². The molecule has 0 aliphatic rings. The fraction of sp³-hybridized carbons (Fsp3) is 0.133. The molecule has 2 aromatic rings. The van der Waals surface area contributed by atoms with Crippen molar-refractivity contribution in [1.82, 2.24) is 15.3 Å². The Morgan fingerprint density at radius 3 is 2.75 bits per heavy atom. The first-order chi connectivity index (χ1) is 9.69. The normalized spacial score (nSPS) is 9.85. The molecule has 0 unspecified atom stereocenters. The minimum Gasteiger partial charge on any atom is -0.348 e. The van der Waals surface area contributed by atoms with E-state index in [1.807, 2.05) is 31.2 Å². The number of amides is 1. The van der Waals surface area contributed by atoms with Gasteiger partial charge < -0.3 is 10.6 Å². The van der Waals surface area contributed by atoms with Gasteiger partial charge in [0.15, 0.2) is 0 Å². The topological polar surface area (TPSA) is 66.9 Å². The molecule has 0 bridgehead atoms. The van der Waals surface area contributed by atoms with Crippen LogP contribution < -0.4 is 10.6 Å². The van der Waals surface area contributed by atoms with E-state index < -0.39 is 0 Å². The Morgan fingerprint density at radius 2 is 2.10 bits per heavy atom. The number of aryl methyl sites for hydroxylation is 1. The van der Waals surface area contributed by atoms with E-state index in [1.54, 1.807) is 6.08 Å². The second kappa shape index (κ2) is 6.47. The Morgan fingerprint density at radius 1 is 1.35 bits per heavy atom. The van der Waals surface area contributed by atoms with Crippen molar-refractivity contribution in [2.75, 3.05) is 11.9 Å². The number of benzene rings is 1. The van der Waals surface area contributed by atoms with Crippen molar-refractivity contribution in [2.45, 2.75) is 6.92 Å². The molecule has 0 aliphatic heterocycles. The molecular formula is C15H16N4O. The fourth-order valence-electron chi connectivity index (χ4n) is 1.63. The van der Waals surface area contributed by atoms with E-state index >= 15 is 0 Å². The third-order valence-corrected chi connectivity index (χ3v) is 2.60. The van der Waals surface area contributed by atoms with Gasteiger partial charge in [-0.15, -0.1) is 6.58 Å². The molecule has 0 atom stereocenters. The zero-order chi connectivity index (χ0) is 14.4. The fourth-order valence-corrected chi connectivity index (χ4v) is 1.63. The number of nitrogens with zero attached hydrogens (tertiary/aromatic N) is 2. The quantitative estimate of drug-likeness (QED) is 0.817. The molecule has 2 N–H and O–H groups in total. The van der Waals surface area contributed by atoms with Crippen molar-refractivity contribution in [1.29, 1.82) is 0 Å². The SMILES string of the molecule is C=CCNC(=O)c1cnc(Nc2cccc(C)c2)nc1. The number of hydrogen-bond donors (Lipinski definition) is 2. The standard InChI is InChI=1S/C15H16N4O/c1-3-7-16-14(20)12-9-17-15(18-10-12)19-13-6-4-5-11(2)8-13/h3-6,8-10H,1,7H2,2H3,(H,16,20)(H,17,18,19). The number of carbonyl (C=O) groups excluding carboxylic acids is 1. The molecular weight excluding hydrogens is 252 g/mol. The van der Waals surface area contributed by atoms with E-state index in [2.05, 4.69) is 27.2 Å². The lowest BCUT2D eigenvalue weighted by molar-refractivity contribution is 0.0957. The molecule has 2 rings (SSSR count). The van der Waals surface area contributed by atoms with Gasteiger partial charge in [0.1, 0.15) is 0 Å². The Balaban J connectivity index is 2.04. The Labute approximate surface area is 117 Å². The summed E-state index contributed by atoms with van der Waals surface area (Å²) in [6.07, 6.45) is 4.60. The summed E-state index contributed by atoms with van der Waals surface area (Å²) in [6, 6.07) is 7.89. The number of aromatic nitrogens is 2. The summed E-state index contributed by atoms with van der Waals surface area (Å²) in [5, 5.41) is 5.75. The maximum absolute atomic E-state index is 11.7. The molecule has 5 nitrogen and oxygen atoms in total. The molecule has 0 fully saturated rings. The van der Waals surface area contributed by atoms with Crippen LogP contribution in [-0.2, 0) is 0 Å². The average Bonchev–Trinajstić information content (AvgIpc) is 2.45. The highest BCUT2D eigenvalue weighted by Crippen LogP contribution is 2.13. The highest BCUT2D eigenvalue weighted by molar-refractivity contribution is 5.93. The van der Waals surface area contributed by atoms with Crippen molar-refractivity contribution in [3.05, 3.63) is 60.4 Å². The third-order valence-electron chi connectivity index (χ3n) is 2.60. The molecule has 0 radical (unpaired) electrons. The number of nitrogens with one attached hydrogen (secondary N) is 2. The maximum Gasteiger partial charge on any atom is 0.254 e. The van der Waals surface area contributed by atoms with Gasteiger partial charge in [0, 0.05) is 24.6 Å². The van der Waals surface area contributed by atoms with Gasteiger partial charge in [-0.05, 0) is 24.6 Å². The minimum atomic E-state index is -0.216. The van der Waals surface area contributed by atoms with Crippen molar-refractivity contribution < 1.29 is 4.79 Å². The zero-order valence-corrected chi connectivity index (χ0v) is 11.3. The Kier molecular flexibility index (Phi) is 4.44. The molecule has 102 valence electrons. The second-order valence-electron chi connectivity index (χ2n) is 4.29. The van der Waals surface area contributed by atoms with Crippen LogP contribution in [0.5, 0.6) is 0 Å². The third kappa shape index (κ3) is 3.65. The van der Waals surface area contributed by atoms with Crippen LogP contribution in [0.2, 0.25) is 0 Å². The zero-order valence-electron chi connectivity index (χ0n) is 11.3. The minimum absolute atomic E-state index is 0.216. The van der Waals surface area contributed by atoms with Gasteiger partial charge in [0.25, 0.3) is 5.91 Å². The van der Waals surface area contributed by atoms with Gasteiger partial charge in [0.2, 0.25) is 5.95 Å². The largest absolute Gasteiger partial charge is 0.348 e. The highest BCUT2D eigenvalue weighted by atomic mass is 16.1. The van der Waals surface area contributed by atoms with Crippen LogP contribution in [0.15, 0.2) is 49.3 Å². The van der Waals surface area contributed by atoms with Crippen LogP contribution in [0.4, 0.5) is 11.6 Å². The van der Waals surface area contributed by atoms with Gasteiger partial charge >= 0.3 is 0 Å². The molecule has 5 heteroatoms. The molecule has 1 heterocycles. The predicted molar refractivity (Wildman–Crippen MR) is 79.0 cm³/mol. The maximum atomic E-state index is 11.7. The molecule has 0 saturated carbocycles. The van der Waals surface area contributed by atoms with E-state index in [-0.39, 0.29) is 5.91 Å². The van der Waals surface area contributed by atoms with Gasteiger partial charge in [-0.2, -0.15) is 0 Å².